The van der Waals surface area contributed by atoms with Gasteiger partial charge in [0.25, 0.3) is 0 Å². The second kappa shape index (κ2) is 14.3. The van der Waals surface area contributed by atoms with Gasteiger partial charge < -0.3 is 0 Å². The van der Waals surface area contributed by atoms with Crippen molar-refractivity contribution in [1.82, 2.24) is 0 Å². The van der Waals surface area contributed by atoms with Crippen LogP contribution in [0.4, 0.5) is 0 Å². The van der Waals surface area contributed by atoms with E-state index >= 15 is 0 Å². The van der Waals surface area contributed by atoms with Crippen LogP contribution in [0.5, 0.6) is 0 Å². The molecule has 4 aliphatic carbocycles. The summed E-state index contributed by atoms with van der Waals surface area (Å²) in [4.78, 5) is 0. The summed E-state index contributed by atoms with van der Waals surface area (Å²) in [5.41, 5.74) is 34.8. The summed E-state index contributed by atoms with van der Waals surface area (Å²) in [5, 5.41) is 0. The Hall–Kier alpha value is -7.02. The molecule has 0 saturated heterocycles. The van der Waals surface area contributed by atoms with Crippen LogP contribution in [-0.4, -0.2) is 0 Å². The Morgan fingerprint density at radius 2 is 0.468 bits per heavy atom. The minimum atomic E-state index is 0.915. The van der Waals surface area contributed by atoms with E-state index in [0.717, 1.165) is 51.4 Å². The minimum absolute atomic E-state index is 0.915. The molecule has 0 atom stereocenters. The van der Waals surface area contributed by atoms with Crippen molar-refractivity contribution in [3.05, 3.63) is 271 Å². The van der Waals surface area contributed by atoms with Gasteiger partial charge in [0.15, 0.2) is 0 Å². The van der Waals surface area contributed by atoms with Crippen LogP contribution in [0.1, 0.15) is 89.0 Å². The van der Waals surface area contributed by atoms with Crippen LogP contribution in [0.3, 0.4) is 0 Å². The van der Waals surface area contributed by atoms with Gasteiger partial charge in [-0.1, -0.05) is 182 Å². The number of hydrogen-bond acceptors (Lipinski definition) is 0. The van der Waals surface area contributed by atoms with E-state index in [1.807, 2.05) is 0 Å². The molecule has 4 aliphatic rings. The van der Waals surface area contributed by atoms with Crippen LogP contribution in [0.25, 0.3) is 44.5 Å². The third kappa shape index (κ3) is 5.74. The Morgan fingerprint density at radius 3 is 0.774 bits per heavy atom. The van der Waals surface area contributed by atoms with Crippen molar-refractivity contribution in [2.75, 3.05) is 0 Å². The Labute approximate surface area is 365 Å². The minimum Gasteiger partial charge on any atom is -0.0619 e. The van der Waals surface area contributed by atoms with E-state index in [1.54, 1.807) is 0 Å². The van der Waals surface area contributed by atoms with Crippen molar-refractivity contribution in [3.8, 4) is 44.5 Å². The fourth-order valence-electron chi connectivity index (χ4n) is 11.9. The summed E-state index contributed by atoms with van der Waals surface area (Å²) in [6, 6.07) is 69.5. The molecular weight excluding hydrogens is 745 g/mol. The summed E-state index contributed by atoms with van der Waals surface area (Å²) in [7, 11) is 0. The predicted molar refractivity (Wildman–Crippen MR) is 256 cm³/mol. The van der Waals surface area contributed by atoms with Gasteiger partial charge in [0, 0.05) is 0 Å². The topological polar surface area (TPSA) is 0 Å². The largest absolute Gasteiger partial charge is 0.0619 e. The quantitative estimate of drug-likeness (QED) is 0.144. The van der Waals surface area contributed by atoms with E-state index in [-0.39, 0.29) is 0 Å². The summed E-state index contributed by atoms with van der Waals surface area (Å²) in [6.45, 7) is 0. The molecule has 0 radical (unpaired) electrons. The highest BCUT2D eigenvalue weighted by Gasteiger charge is 2.28. The Kier molecular flexibility index (Phi) is 8.23. The average molecular weight is 791 g/mol. The van der Waals surface area contributed by atoms with Crippen LogP contribution in [0.15, 0.2) is 182 Å². The van der Waals surface area contributed by atoms with Gasteiger partial charge in [-0.2, -0.15) is 0 Å². The molecule has 0 aromatic heterocycles. The van der Waals surface area contributed by atoms with Gasteiger partial charge in [-0.3, -0.25) is 0 Å². The van der Waals surface area contributed by atoms with Crippen LogP contribution in [-0.2, 0) is 51.4 Å². The maximum Gasteiger partial charge on any atom is -0.00106 e. The van der Waals surface area contributed by atoms with Crippen molar-refractivity contribution < 1.29 is 0 Å². The molecule has 13 rings (SSSR count). The lowest BCUT2D eigenvalue weighted by atomic mass is 9.81. The van der Waals surface area contributed by atoms with E-state index < -0.39 is 0 Å². The first-order valence-corrected chi connectivity index (χ1v) is 22.6. The SMILES string of the molecule is c1ccc2c(c1)Cc1c(Cc3ccc(Cc4cccc5c4Cc4ccccc4-5)c(Cc4cccc5c4Cc4ccccc4-5)c3Cc3cccc4c3Cc3ccccc3-4)cccc1-2. The monoisotopic (exact) mass is 790 g/mol. The first kappa shape index (κ1) is 35.7. The van der Waals surface area contributed by atoms with E-state index in [9.17, 15) is 0 Å². The van der Waals surface area contributed by atoms with Crippen molar-refractivity contribution in [2.24, 2.45) is 0 Å². The molecule has 62 heavy (non-hydrogen) atoms. The van der Waals surface area contributed by atoms with Crippen LogP contribution < -0.4 is 0 Å². The third-order valence-electron chi connectivity index (χ3n) is 14.9. The van der Waals surface area contributed by atoms with Gasteiger partial charge in [-0.05, 0) is 185 Å². The zero-order valence-corrected chi connectivity index (χ0v) is 35.0. The molecule has 0 nitrogen and oxygen atoms in total. The lowest BCUT2D eigenvalue weighted by Gasteiger charge is -2.23. The molecule has 0 fully saturated rings. The zero-order valence-electron chi connectivity index (χ0n) is 35.0. The van der Waals surface area contributed by atoms with Gasteiger partial charge in [-0.25, -0.2) is 0 Å². The fourth-order valence-corrected chi connectivity index (χ4v) is 11.9. The fraction of sp³-hybridized carbons (Fsp3) is 0.129. The van der Waals surface area contributed by atoms with Crippen molar-refractivity contribution in [3.63, 3.8) is 0 Å². The number of fused-ring (bicyclic) bond motifs is 12. The molecule has 0 heterocycles. The molecule has 9 aromatic carbocycles. The molecule has 294 valence electrons. The van der Waals surface area contributed by atoms with Gasteiger partial charge >= 0.3 is 0 Å². The highest BCUT2D eigenvalue weighted by Crippen LogP contribution is 2.45. The summed E-state index contributed by atoms with van der Waals surface area (Å²) < 4.78 is 0. The Morgan fingerprint density at radius 1 is 0.210 bits per heavy atom. The lowest BCUT2D eigenvalue weighted by molar-refractivity contribution is 0.973. The van der Waals surface area contributed by atoms with E-state index in [2.05, 4.69) is 182 Å². The first-order chi connectivity index (χ1) is 30.7. The van der Waals surface area contributed by atoms with E-state index in [4.69, 9.17) is 0 Å². The van der Waals surface area contributed by atoms with E-state index in [0.29, 0.717) is 0 Å². The molecule has 0 spiro atoms. The highest BCUT2D eigenvalue weighted by molar-refractivity contribution is 5.81. The third-order valence-corrected chi connectivity index (χ3v) is 14.9. The van der Waals surface area contributed by atoms with Crippen LogP contribution in [0.2, 0.25) is 0 Å². The van der Waals surface area contributed by atoms with Gasteiger partial charge in [0.1, 0.15) is 0 Å². The zero-order chi connectivity index (χ0) is 40.7. The Balaban J connectivity index is 0.999. The second-order valence-corrected chi connectivity index (χ2v) is 18.2. The standard InChI is InChI=1S/C62H46/c1-5-21-49-41(13-1)33-57-39(17-9-25-53(49)57)31-47-29-30-48(32-40-18-10-26-54-50-22-6-2-14-42(50)34-58(40)54)62(38-46-20-12-28-56-52-24-8-4-16-44(52)36-60(46)56)61(47)37-45-19-11-27-55-51-23-7-3-15-43(51)35-59(45)55/h1-30H,31-38H2. The maximum absolute atomic E-state index is 2.52. The number of benzene rings is 9. The van der Waals surface area contributed by atoms with E-state index in [1.165, 1.54) is 134 Å². The smallest absolute Gasteiger partial charge is 0.00106 e. The van der Waals surface area contributed by atoms with Gasteiger partial charge in [-0.15, -0.1) is 0 Å². The molecule has 0 unspecified atom stereocenters. The molecule has 0 bridgehead atoms. The van der Waals surface area contributed by atoms with Crippen LogP contribution in [0, 0.1) is 0 Å². The van der Waals surface area contributed by atoms with Crippen LogP contribution >= 0.6 is 0 Å². The average Bonchev–Trinajstić information content (AvgIpc) is 4.10. The first-order valence-electron chi connectivity index (χ1n) is 22.6. The normalized spacial score (nSPS) is 13.2. The predicted octanol–water partition coefficient (Wildman–Crippen LogP) is 14.3. The molecule has 0 heteroatoms. The van der Waals surface area contributed by atoms with Crippen molar-refractivity contribution >= 4 is 0 Å². The summed E-state index contributed by atoms with van der Waals surface area (Å²) in [6.07, 6.45) is 7.67. The summed E-state index contributed by atoms with van der Waals surface area (Å²) in [5.74, 6) is 0. The number of rotatable bonds is 8. The maximum atomic E-state index is 2.52. The highest BCUT2D eigenvalue weighted by atomic mass is 14.3. The summed E-state index contributed by atoms with van der Waals surface area (Å²) >= 11 is 0. The van der Waals surface area contributed by atoms with Crippen molar-refractivity contribution in [1.29, 1.82) is 0 Å². The lowest BCUT2D eigenvalue weighted by Crippen LogP contribution is -2.10. The molecule has 0 N–H and O–H groups in total. The van der Waals surface area contributed by atoms with Gasteiger partial charge in [0.05, 0.1) is 0 Å². The second-order valence-electron chi connectivity index (χ2n) is 18.2. The number of hydrogen-bond donors (Lipinski definition) is 0. The molecule has 0 saturated carbocycles. The van der Waals surface area contributed by atoms with Crippen molar-refractivity contribution in [2.45, 2.75) is 51.4 Å². The van der Waals surface area contributed by atoms with Gasteiger partial charge in [0.2, 0.25) is 0 Å². The molecule has 0 amide bonds. The Bertz CT molecular complexity index is 3080. The molecule has 9 aromatic rings. The molecule has 0 aliphatic heterocycles. The molecular formula is C62H46.